The smallest absolute Gasteiger partial charge is 0.220 e. The second kappa shape index (κ2) is 5.68. The third-order valence-electron chi connectivity index (χ3n) is 3.02. The molecule has 19 heavy (non-hydrogen) atoms. The number of hydrogen-bond acceptors (Lipinski definition) is 3. The maximum atomic E-state index is 13.4. The second-order valence-corrected chi connectivity index (χ2v) is 4.48. The highest BCUT2D eigenvalue weighted by Crippen LogP contribution is 2.23. The molecule has 0 fully saturated rings. The minimum atomic E-state index is -1.09. The van der Waals surface area contributed by atoms with Crippen molar-refractivity contribution in [3.8, 4) is 11.8 Å². The molecule has 1 aromatic carbocycles. The molecule has 0 aliphatic heterocycles. The Morgan fingerprint density at radius 1 is 1.37 bits per heavy atom. The highest BCUT2D eigenvalue weighted by molar-refractivity contribution is 5.36. The molecular weight excluding hydrogens is 245 g/mol. The Morgan fingerprint density at radius 3 is 2.74 bits per heavy atom. The fraction of sp³-hybridized carbons (Fsp3) is 0.267. The Hall–Kier alpha value is -2.12. The van der Waals surface area contributed by atoms with Crippen LogP contribution in [0, 0.1) is 17.1 Å². The van der Waals surface area contributed by atoms with Crippen LogP contribution < -0.4 is 4.74 Å². The van der Waals surface area contributed by atoms with E-state index >= 15 is 0 Å². The molecule has 0 amide bonds. The molecule has 1 aromatic rings. The maximum absolute atomic E-state index is 13.4. The van der Waals surface area contributed by atoms with Crippen molar-refractivity contribution in [3.05, 3.63) is 52.9 Å². The van der Waals surface area contributed by atoms with Gasteiger partial charge in [-0.15, -0.1) is 0 Å². The molecule has 0 saturated heterocycles. The predicted molar refractivity (Wildman–Crippen MR) is 68.8 cm³/mol. The number of allylic oxidation sites excluding steroid dienone is 3. The number of ether oxygens (including phenoxy) is 1. The molecule has 4 heteroatoms. The monoisotopic (exact) mass is 259 g/mol. The van der Waals surface area contributed by atoms with E-state index in [-0.39, 0.29) is 11.3 Å². The zero-order chi connectivity index (χ0) is 13.8. The van der Waals surface area contributed by atoms with E-state index < -0.39 is 12.1 Å². The van der Waals surface area contributed by atoms with Crippen molar-refractivity contribution in [1.29, 1.82) is 5.26 Å². The summed E-state index contributed by atoms with van der Waals surface area (Å²) in [4.78, 5) is 0. The minimum absolute atomic E-state index is 0.0442. The lowest BCUT2D eigenvalue weighted by molar-refractivity contribution is 0.0117. The molecule has 2 rings (SSSR count). The summed E-state index contributed by atoms with van der Waals surface area (Å²) in [5.74, 6) is -0.447. The molecule has 0 heterocycles. The van der Waals surface area contributed by atoms with Gasteiger partial charge in [0, 0.05) is 6.07 Å². The lowest BCUT2D eigenvalue weighted by Gasteiger charge is -2.19. The zero-order valence-corrected chi connectivity index (χ0v) is 10.6. The van der Waals surface area contributed by atoms with Crippen LogP contribution in [0.2, 0.25) is 0 Å². The molecular formula is C15H14FNO2. The maximum Gasteiger partial charge on any atom is 0.220 e. The van der Waals surface area contributed by atoms with E-state index in [1.807, 2.05) is 19.1 Å². The van der Waals surface area contributed by atoms with Crippen LogP contribution in [-0.4, -0.2) is 11.4 Å². The molecule has 98 valence electrons. The van der Waals surface area contributed by atoms with Crippen LogP contribution in [0.5, 0.6) is 5.75 Å². The third kappa shape index (κ3) is 3.21. The van der Waals surface area contributed by atoms with Crippen molar-refractivity contribution in [2.45, 2.75) is 26.1 Å². The number of hydrogen-bond donors (Lipinski definition) is 1. The minimum Gasteiger partial charge on any atom is -0.461 e. The highest BCUT2D eigenvalue weighted by atomic mass is 19.1. The van der Waals surface area contributed by atoms with E-state index in [1.165, 1.54) is 17.7 Å². The molecule has 0 aromatic heterocycles. The fourth-order valence-electron chi connectivity index (χ4n) is 1.83. The lowest BCUT2D eigenvalue weighted by Crippen LogP contribution is -2.19. The van der Waals surface area contributed by atoms with Gasteiger partial charge in [0.25, 0.3) is 0 Å². The van der Waals surface area contributed by atoms with Crippen molar-refractivity contribution in [2.75, 3.05) is 0 Å². The number of halogens is 1. The largest absolute Gasteiger partial charge is 0.461 e. The molecule has 1 unspecified atom stereocenters. The molecule has 1 aliphatic carbocycles. The van der Waals surface area contributed by atoms with Crippen molar-refractivity contribution < 1.29 is 14.2 Å². The second-order valence-electron chi connectivity index (χ2n) is 4.48. The van der Waals surface area contributed by atoms with Crippen molar-refractivity contribution in [3.63, 3.8) is 0 Å². The van der Waals surface area contributed by atoms with E-state index in [2.05, 4.69) is 0 Å². The molecule has 0 bridgehead atoms. The van der Waals surface area contributed by atoms with Gasteiger partial charge in [-0.1, -0.05) is 17.7 Å². The number of nitriles is 1. The molecule has 1 N–H and O–H groups in total. The van der Waals surface area contributed by atoms with Crippen molar-refractivity contribution >= 4 is 0 Å². The molecule has 1 atom stereocenters. The third-order valence-corrected chi connectivity index (χ3v) is 3.02. The van der Waals surface area contributed by atoms with Crippen LogP contribution in [0.1, 0.15) is 25.3 Å². The predicted octanol–water partition coefficient (Wildman–Crippen LogP) is 3.06. The summed E-state index contributed by atoms with van der Waals surface area (Å²) in [6.45, 7) is 2.02. The van der Waals surface area contributed by atoms with E-state index in [0.717, 1.165) is 24.5 Å². The standard InChI is InChI=1S/C15H14FNO2/c1-10-2-4-11(5-3-10)15(18)19-13-7-6-12(9-17)14(16)8-13/h2,4,6-8,15,18H,3,5H2,1H3. The zero-order valence-electron chi connectivity index (χ0n) is 10.6. The number of aliphatic hydroxyl groups excluding tert-OH is 1. The van der Waals surface area contributed by atoms with Crippen LogP contribution in [0.25, 0.3) is 0 Å². The van der Waals surface area contributed by atoms with Gasteiger partial charge in [-0.05, 0) is 37.5 Å². The van der Waals surface area contributed by atoms with Gasteiger partial charge in [0.15, 0.2) is 0 Å². The molecule has 0 saturated carbocycles. The van der Waals surface area contributed by atoms with Crippen LogP contribution in [0.4, 0.5) is 4.39 Å². The van der Waals surface area contributed by atoms with Gasteiger partial charge in [-0.3, -0.25) is 0 Å². The van der Waals surface area contributed by atoms with Crippen LogP contribution in [-0.2, 0) is 0 Å². The summed E-state index contributed by atoms with van der Waals surface area (Å²) in [6, 6.07) is 5.63. The Morgan fingerprint density at radius 2 is 2.16 bits per heavy atom. The summed E-state index contributed by atoms with van der Waals surface area (Å²) in [5.41, 5.74) is 1.97. The lowest BCUT2D eigenvalue weighted by atomic mass is 9.99. The van der Waals surface area contributed by atoms with Gasteiger partial charge in [0.2, 0.25) is 6.29 Å². The average Bonchev–Trinajstić information content (AvgIpc) is 2.39. The van der Waals surface area contributed by atoms with Crippen LogP contribution in [0.3, 0.4) is 0 Å². The van der Waals surface area contributed by atoms with E-state index in [1.54, 1.807) is 6.07 Å². The van der Waals surface area contributed by atoms with E-state index in [4.69, 9.17) is 10.00 Å². The Bertz CT molecular complexity index is 584. The highest BCUT2D eigenvalue weighted by Gasteiger charge is 2.15. The number of nitrogens with zero attached hydrogens (tertiary/aromatic N) is 1. The first-order chi connectivity index (χ1) is 9.10. The summed E-state index contributed by atoms with van der Waals surface area (Å²) < 4.78 is 18.7. The number of aliphatic hydroxyl groups is 1. The average molecular weight is 259 g/mol. The number of rotatable bonds is 3. The van der Waals surface area contributed by atoms with Gasteiger partial charge < -0.3 is 9.84 Å². The normalized spacial score (nSPS) is 16.1. The summed E-state index contributed by atoms with van der Waals surface area (Å²) >= 11 is 0. The van der Waals surface area contributed by atoms with Crippen LogP contribution in [0.15, 0.2) is 41.5 Å². The molecule has 0 radical (unpaired) electrons. The summed E-state index contributed by atoms with van der Waals surface area (Å²) in [5, 5.41) is 18.5. The van der Waals surface area contributed by atoms with E-state index in [0.29, 0.717) is 0 Å². The first-order valence-corrected chi connectivity index (χ1v) is 6.01. The van der Waals surface area contributed by atoms with Gasteiger partial charge in [-0.25, -0.2) is 4.39 Å². The molecule has 3 nitrogen and oxygen atoms in total. The Balaban J connectivity index is 2.09. The first-order valence-electron chi connectivity index (χ1n) is 6.01. The summed E-state index contributed by atoms with van der Waals surface area (Å²) in [6.07, 6.45) is 4.28. The SMILES string of the molecule is CC1=CC=C(C(O)Oc2ccc(C#N)c(F)c2)CC1. The molecule has 1 aliphatic rings. The number of benzene rings is 1. The van der Waals surface area contributed by atoms with Crippen molar-refractivity contribution in [2.24, 2.45) is 0 Å². The topological polar surface area (TPSA) is 53.2 Å². The fourth-order valence-corrected chi connectivity index (χ4v) is 1.83. The quantitative estimate of drug-likeness (QED) is 0.849. The van der Waals surface area contributed by atoms with E-state index in [9.17, 15) is 9.50 Å². The van der Waals surface area contributed by atoms with Gasteiger partial charge in [-0.2, -0.15) is 5.26 Å². The van der Waals surface area contributed by atoms with Crippen LogP contribution >= 0.6 is 0 Å². The Kier molecular flexibility index (Phi) is 3.98. The Labute approximate surface area is 111 Å². The van der Waals surface area contributed by atoms with Gasteiger partial charge >= 0.3 is 0 Å². The summed E-state index contributed by atoms with van der Waals surface area (Å²) in [7, 11) is 0. The molecule has 0 spiro atoms. The first kappa shape index (κ1) is 13.3. The van der Waals surface area contributed by atoms with Crippen molar-refractivity contribution in [1.82, 2.24) is 0 Å². The van der Waals surface area contributed by atoms with Gasteiger partial charge in [0.05, 0.1) is 5.56 Å². The van der Waals surface area contributed by atoms with Gasteiger partial charge in [0.1, 0.15) is 17.6 Å².